The number of esters is 1. The van der Waals surface area contributed by atoms with Crippen molar-refractivity contribution in [3.63, 3.8) is 0 Å². The van der Waals surface area contributed by atoms with Crippen LogP contribution in [-0.4, -0.2) is 22.5 Å². The number of ether oxygens (including phenoxy) is 2. The molecule has 3 rings (SSSR count). The maximum absolute atomic E-state index is 11.7. The molecule has 0 aliphatic carbocycles. The molecule has 6 heteroatoms. The van der Waals surface area contributed by atoms with Gasteiger partial charge >= 0.3 is 5.97 Å². The molecule has 0 aliphatic heterocycles. The first-order valence-electron chi connectivity index (χ1n) is 7.46. The molecule has 0 N–H and O–H groups in total. The van der Waals surface area contributed by atoms with Gasteiger partial charge in [-0.2, -0.15) is 0 Å². The molecule has 5 nitrogen and oxygen atoms in total. The van der Waals surface area contributed by atoms with Gasteiger partial charge in [0.1, 0.15) is 12.4 Å². The van der Waals surface area contributed by atoms with Crippen LogP contribution in [0.3, 0.4) is 0 Å². The van der Waals surface area contributed by atoms with Gasteiger partial charge < -0.3 is 9.47 Å². The van der Waals surface area contributed by atoms with Crippen LogP contribution in [0, 0.1) is 0 Å². The van der Waals surface area contributed by atoms with Gasteiger partial charge in [0.25, 0.3) is 0 Å². The predicted octanol–water partition coefficient (Wildman–Crippen LogP) is 4.04. The molecule has 0 saturated carbocycles. The summed E-state index contributed by atoms with van der Waals surface area (Å²) in [6, 6.07) is 10.9. The van der Waals surface area contributed by atoms with Crippen LogP contribution in [0.5, 0.6) is 5.75 Å². The number of aromatic nitrogens is 2. The average Bonchev–Trinajstić information content (AvgIpc) is 2.59. The summed E-state index contributed by atoms with van der Waals surface area (Å²) in [5.74, 6) is 0.189. The Morgan fingerprint density at radius 1 is 1.12 bits per heavy atom. The Bertz CT molecular complexity index is 883. The van der Waals surface area contributed by atoms with Crippen molar-refractivity contribution in [3.8, 4) is 5.75 Å². The van der Waals surface area contributed by atoms with E-state index in [0.717, 1.165) is 5.56 Å². The van der Waals surface area contributed by atoms with E-state index in [0.29, 0.717) is 40.6 Å². The first kappa shape index (κ1) is 16.2. The Labute approximate surface area is 144 Å². The number of carbonyl (C=O) groups is 1. The fraction of sp³-hybridized carbons (Fsp3) is 0.167. The van der Waals surface area contributed by atoms with Gasteiger partial charge in [0.2, 0.25) is 0 Å². The normalized spacial score (nSPS) is 10.6. The second-order valence-electron chi connectivity index (χ2n) is 5.07. The van der Waals surface area contributed by atoms with Crippen LogP contribution in [-0.2, 0) is 11.3 Å². The Morgan fingerprint density at radius 2 is 1.92 bits per heavy atom. The number of hydrogen-bond acceptors (Lipinski definition) is 5. The molecule has 0 saturated heterocycles. The van der Waals surface area contributed by atoms with Crippen molar-refractivity contribution in [2.24, 2.45) is 0 Å². The molecule has 3 aromatic rings. The van der Waals surface area contributed by atoms with E-state index in [1.807, 2.05) is 24.3 Å². The number of rotatable bonds is 5. The highest BCUT2D eigenvalue weighted by Crippen LogP contribution is 2.19. The number of carbonyl (C=O) groups excluding carboxylic acids is 1. The van der Waals surface area contributed by atoms with E-state index in [9.17, 15) is 4.79 Å². The summed E-state index contributed by atoms with van der Waals surface area (Å²) in [6.45, 7) is 2.46. The lowest BCUT2D eigenvalue weighted by molar-refractivity contribution is 0.0526. The smallest absolute Gasteiger partial charge is 0.339 e. The van der Waals surface area contributed by atoms with Gasteiger partial charge in [-0.3, -0.25) is 9.97 Å². The quantitative estimate of drug-likeness (QED) is 0.655. The molecule has 24 heavy (non-hydrogen) atoms. The molecule has 0 radical (unpaired) electrons. The topological polar surface area (TPSA) is 61.3 Å². The van der Waals surface area contributed by atoms with Crippen LogP contribution in [0.15, 0.2) is 48.8 Å². The van der Waals surface area contributed by atoms with Crippen molar-refractivity contribution < 1.29 is 14.3 Å². The molecular formula is C18H15ClN2O3. The van der Waals surface area contributed by atoms with Crippen LogP contribution in [0.4, 0.5) is 0 Å². The number of benzene rings is 1. The minimum atomic E-state index is -0.407. The maximum Gasteiger partial charge on any atom is 0.339 e. The Hall–Kier alpha value is -2.66. The number of nitrogens with zero attached hydrogens (tertiary/aromatic N) is 2. The first-order chi connectivity index (χ1) is 11.7. The summed E-state index contributed by atoms with van der Waals surface area (Å²) in [6.07, 6.45) is 3.08. The van der Waals surface area contributed by atoms with E-state index < -0.39 is 5.97 Å². The predicted molar refractivity (Wildman–Crippen MR) is 91.3 cm³/mol. The zero-order valence-electron chi connectivity index (χ0n) is 13.0. The van der Waals surface area contributed by atoms with Gasteiger partial charge in [-0.25, -0.2) is 4.79 Å². The molecule has 2 heterocycles. The molecule has 0 atom stereocenters. The van der Waals surface area contributed by atoms with E-state index in [-0.39, 0.29) is 0 Å². The number of pyridine rings is 2. The summed E-state index contributed by atoms with van der Waals surface area (Å²) in [4.78, 5) is 20.3. The third-order valence-corrected chi connectivity index (χ3v) is 3.55. The molecule has 0 amide bonds. The highest BCUT2D eigenvalue weighted by molar-refractivity contribution is 6.30. The van der Waals surface area contributed by atoms with Crippen molar-refractivity contribution in [1.82, 2.24) is 9.97 Å². The van der Waals surface area contributed by atoms with E-state index in [2.05, 4.69) is 9.97 Å². The molecular weight excluding hydrogens is 328 g/mol. The fourth-order valence-electron chi connectivity index (χ4n) is 2.18. The maximum atomic E-state index is 11.7. The zero-order chi connectivity index (χ0) is 16.9. The van der Waals surface area contributed by atoms with Gasteiger partial charge in [0, 0.05) is 17.3 Å². The molecule has 0 unspecified atom stereocenters. The summed E-state index contributed by atoms with van der Waals surface area (Å²) < 4.78 is 10.7. The largest absolute Gasteiger partial charge is 0.487 e. The summed E-state index contributed by atoms with van der Waals surface area (Å²) in [5.41, 5.74) is 2.60. The van der Waals surface area contributed by atoms with E-state index >= 15 is 0 Å². The monoisotopic (exact) mass is 342 g/mol. The summed E-state index contributed by atoms with van der Waals surface area (Å²) >= 11 is 5.95. The lowest BCUT2D eigenvalue weighted by Gasteiger charge is -2.07. The highest BCUT2D eigenvalue weighted by atomic mass is 35.5. The van der Waals surface area contributed by atoms with Gasteiger partial charge in [-0.1, -0.05) is 23.7 Å². The van der Waals surface area contributed by atoms with Gasteiger partial charge in [0.15, 0.2) is 0 Å². The molecule has 1 aromatic carbocycles. The van der Waals surface area contributed by atoms with Gasteiger partial charge in [0.05, 0.1) is 29.4 Å². The average molecular weight is 343 g/mol. The van der Waals surface area contributed by atoms with E-state index in [1.54, 1.807) is 25.3 Å². The van der Waals surface area contributed by atoms with Crippen molar-refractivity contribution in [1.29, 1.82) is 0 Å². The molecule has 2 aromatic heterocycles. The molecule has 0 fully saturated rings. The summed E-state index contributed by atoms with van der Waals surface area (Å²) in [5, 5.41) is 0.667. The van der Waals surface area contributed by atoms with Gasteiger partial charge in [-0.05, 0) is 30.7 Å². The third-order valence-electron chi connectivity index (χ3n) is 3.31. The van der Waals surface area contributed by atoms with Crippen LogP contribution in [0.2, 0.25) is 5.02 Å². The number of fused-ring (bicyclic) bond motifs is 1. The zero-order valence-corrected chi connectivity index (χ0v) is 13.8. The van der Waals surface area contributed by atoms with Crippen LogP contribution in [0.25, 0.3) is 11.0 Å². The highest BCUT2D eigenvalue weighted by Gasteiger charge is 2.09. The standard InChI is InChI=1S/C18H15ClN2O3/c1-2-23-18(22)13-7-16-17(20-9-13)8-15(10-21-16)24-11-12-4-3-5-14(19)6-12/h3-10H,2,11H2,1H3. The van der Waals surface area contributed by atoms with Crippen LogP contribution < -0.4 is 4.74 Å². The van der Waals surface area contributed by atoms with Crippen LogP contribution >= 0.6 is 11.6 Å². The first-order valence-corrected chi connectivity index (χ1v) is 7.83. The molecule has 0 bridgehead atoms. The third kappa shape index (κ3) is 3.81. The van der Waals surface area contributed by atoms with Crippen molar-refractivity contribution in [2.45, 2.75) is 13.5 Å². The Balaban J connectivity index is 1.76. The fourth-order valence-corrected chi connectivity index (χ4v) is 2.39. The van der Waals surface area contributed by atoms with Crippen molar-refractivity contribution in [3.05, 3.63) is 64.9 Å². The lowest BCUT2D eigenvalue weighted by atomic mass is 10.2. The number of halogens is 1. The molecule has 122 valence electrons. The van der Waals surface area contributed by atoms with Crippen LogP contribution in [0.1, 0.15) is 22.8 Å². The van der Waals surface area contributed by atoms with E-state index in [4.69, 9.17) is 21.1 Å². The molecule has 0 aliphatic rings. The minimum absolute atomic E-state index is 0.320. The lowest BCUT2D eigenvalue weighted by Crippen LogP contribution is -2.05. The Morgan fingerprint density at radius 3 is 2.71 bits per heavy atom. The number of hydrogen-bond donors (Lipinski definition) is 0. The van der Waals surface area contributed by atoms with E-state index in [1.165, 1.54) is 6.20 Å². The van der Waals surface area contributed by atoms with Crippen molar-refractivity contribution in [2.75, 3.05) is 6.61 Å². The van der Waals surface area contributed by atoms with Crippen molar-refractivity contribution >= 4 is 28.6 Å². The van der Waals surface area contributed by atoms with Gasteiger partial charge in [-0.15, -0.1) is 0 Å². The SMILES string of the molecule is CCOC(=O)c1cnc2cc(OCc3cccc(Cl)c3)cnc2c1. The Kier molecular flexibility index (Phi) is 4.91. The summed E-state index contributed by atoms with van der Waals surface area (Å²) in [7, 11) is 0. The molecule has 0 spiro atoms. The second-order valence-corrected chi connectivity index (χ2v) is 5.51. The minimum Gasteiger partial charge on any atom is -0.487 e. The second kappa shape index (κ2) is 7.27.